The number of hydrogen-bond donors (Lipinski definition) is 3. The van der Waals surface area contributed by atoms with Crippen LogP contribution in [0.5, 0.6) is 5.75 Å². The van der Waals surface area contributed by atoms with Crippen molar-refractivity contribution in [1.82, 2.24) is 0 Å². The smallest absolute Gasteiger partial charge is 0.311 e. The molecule has 0 heterocycles. The Labute approximate surface area is 184 Å². The lowest BCUT2D eigenvalue weighted by Gasteiger charge is -2.07. The highest BCUT2D eigenvalue weighted by molar-refractivity contribution is 7.45. The first-order valence-corrected chi connectivity index (χ1v) is 12.3. The van der Waals surface area contributed by atoms with Crippen molar-refractivity contribution >= 4 is 7.82 Å². The molecule has 9 nitrogen and oxygen atoms in total. The lowest BCUT2D eigenvalue weighted by atomic mass is 10.1. The fourth-order valence-corrected chi connectivity index (χ4v) is 2.62. The van der Waals surface area contributed by atoms with Crippen LogP contribution in [0.15, 0.2) is 42.2 Å². The molecule has 0 aliphatic carbocycles. The van der Waals surface area contributed by atoms with Crippen molar-refractivity contribution in [2.24, 2.45) is 0 Å². The highest BCUT2D eigenvalue weighted by atomic mass is 31.2. The van der Waals surface area contributed by atoms with Crippen LogP contribution >= 0.6 is 7.82 Å². The second-order valence-electron chi connectivity index (χ2n) is 6.88. The number of phosphoric acid groups is 1. The molecule has 3 N–H and O–H groups in total. The molecular weight excluding hydrogens is 427 g/mol. The molecule has 0 aliphatic heterocycles. The van der Waals surface area contributed by atoms with Crippen LogP contribution < -0.4 is 4.89 Å². The number of allylic oxidation sites excluding steroid dienone is 2. The number of para-hydroxylation sites is 1. The van der Waals surface area contributed by atoms with Gasteiger partial charge in [0, 0.05) is 21.5 Å². The van der Waals surface area contributed by atoms with E-state index in [0.717, 1.165) is 12.8 Å². The molecule has 0 fully saturated rings. The zero-order chi connectivity index (χ0) is 23.2. The summed E-state index contributed by atoms with van der Waals surface area (Å²) in [6.07, 6.45) is 15.7. The third-order valence-corrected chi connectivity index (χ3v) is 4.17. The number of hydrogen-bond acceptors (Lipinski definition) is 6. The minimum absolute atomic E-state index is 0.507. The van der Waals surface area contributed by atoms with Gasteiger partial charge in [0.15, 0.2) is 5.75 Å². The van der Waals surface area contributed by atoms with Gasteiger partial charge in [0.1, 0.15) is 5.76 Å². The minimum atomic E-state index is -4.64. The quantitative estimate of drug-likeness (QED) is 0.0827. The van der Waals surface area contributed by atoms with E-state index in [0.29, 0.717) is 11.5 Å². The topological polar surface area (TPSA) is 124 Å². The van der Waals surface area contributed by atoms with Crippen LogP contribution in [0.3, 0.4) is 0 Å². The zero-order valence-electron chi connectivity index (χ0n) is 18.5. The van der Waals surface area contributed by atoms with Crippen LogP contribution in [0.1, 0.15) is 84.5 Å². The van der Waals surface area contributed by atoms with Gasteiger partial charge in [-0.2, -0.15) is 0 Å². The van der Waals surface area contributed by atoms with Gasteiger partial charge in [0.25, 0.3) is 0 Å². The highest BCUT2D eigenvalue weighted by Crippen LogP contribution is 2.25. The van der Waals surface area contributed by atoms with E-state index in [9.17, 15) is 0 Å². The number of rotatable bonds is 17. The Morgan fingerprint density at radius 3 is 1.87 bits per heavy atom. The average Bonchev–Trinajstić information content (AvgIpc) is 2.73. The van der Waals surface area contributed by atoms with E-state index in [1.165, 1.54) is 57.8 Å². The summed E-state index contributed by atoms with van der Waals surface area (Å²) in [7, 11) is -4.64. The van der Waals surface area contributed by atoms with Gasteiger partial charge in [-0.05, 0) is 31.6 Å². The van der Waals surface area contributed by atoms with Crippen molar-refractivity contribution in [3.8, 4) is 5.75 Å². The third kappa shape index (κ3) is 24.7. The normalized spacial score (nSPS) is 11.6. The SMILES string of the molecule is CC=C(CCCCCCCCCCCC)OOOOOc1ccccc1.O=P(O)(O)O. The van der Waals surface area contributed by atoms with Crippen molar-refractivity contribution in [3.63, 3.8) is 0 Å². The first-order chi connectivity index (χ1) is 14.9. The molecular formula is C21H37O9P. The molecule has 1 rings (SSSR count). The summed E-state index contributed by atoms with van der Waals surface area (Å²) >= 11 is 0. The molecule has 10 heteroatoms. The highest BCUT2D eigenvalue weighted by Gasteiger charge is 2.02. The van der Waals surface area contributed by atoms with Gasteiger partial charge in [-0.3, -0.25) is 0 Å². The van der Waals surface area contributed by atoms with E-state index in [1.54, 1.807) is 12.1 Å². The van der Waals surface area contributed by atoms with Crippen LogP contribution in [-0.4, -0.2) is 14.7 Å². The molecule has 0 bridgehead atoms. The number of unbranched alkanes of at least 4 members (excludes halogenated alkanes) is 9. The standard InChI is InChI=1S/C21H34O5.H3O4P/c1-3-5-6-7-8-9-10-11-12-14-17-20(4-2)22-24-26-25-23-21-18-15-13-16-19-21;1-5(2,3)4/h4,13,15-16,18-19H,3,5-12,14,17H2,1-2H3;(H3,1,2,3,4). The van der Waals surface area contributed by atoms with E-state index >= 15 is 0 Å². The fourth-order valence-electron chi connectivity index (χ4n) is 2.62. The van der Waals surface area contributed by atoms with Gasteiger partial charge in [0.2, 0.25) is 0 Å². The van der Waals surface area contributed by atoms with Gasteiger partial charge >= 0.3 is 7.82 Å². The molecule has 0 amide bonds. The first-order valence-electron chi connectivity index (χ1n) is 10.7. The molecule has 0 unspecified atom stereocenters. The Morgan fingerprint density at radius 1 is 0.839 bits per heavy atom. The predicted octanol–water partition coefficient (Wildman–Crippen LogP) is 6.08. The summed E-state index contributed by atoms with van der Waals surface area (Å²) < 4.78 is 8.88. The first kappa shape index (κ1) is 29.5. The van der Waals surface area contributed by atoms with Crippen molar-refractivity contribution in [3.05, 3.63) is 42.2 Å². The van der Waals surface area contributed by atoms with Crippen molar-refractivity contribution < 1.29 is 44.1 Å². The summed E-state index contributed by atoms with van der Waals surface area (Å²) in [4.78, 5) is 31.4. The van der Waals surface area contributed by atoms with Crippen molar-refractivity contribution in [2.75, 3.05) is 0 Å². The van der Waals surface area contributed by atoms with Gasteiger partial charge < -0.3 is 24.5 Å². The fraction of sp³-hybridized carbons (Fsp3) is 0.619. The van der Waals surface area contributed by atoms with Gasteiger partial charge in [-0.15, -0.1) is 0 Å². The molecule has 1 aromatic rings. The Kier molecular flexibility index (Phi) is 19.5. The molecule has 0 aromatic heterocycles. The molecule has 0 saturated heterocycles. The Hall–Kier alpha value is -1.45. The maximum absolute atomic E-state index is 8.88. The minimum Gasteiger partial charge on any atom is -0.311 e. The van der Waals surface area contributed by atoms with E-state index in [4.69, 9.17) is 29.0 Å². The lowest BCUT2D eigenvalue weighted by Crippen LogP contribution is -2.02. The van der Waals surface area contributed by atoms with Gasteiger partial charge in [-0.1, -0.05) is 82.9 Å². The molecule has 1 aromatic carbocycles. The van der Waals surface area contributed by atoms with Crippen molar-refractivity contribution in [2.45, 2.75) is 84.5 Å². The van der Waals surface area contributed by atoms with Crippen LogP contribution in [0.2, 0.25) is 0 Å². The van der Waals surface area contributed by atoms with Crippen LogP contribution in [0, 0.1) is 0 Å². The Morgan fingerprint density at radius 2 is 1.35 bits per heavy atom. The van der Waals surface area contributed by atoms with E-state index in [2.05, 4.69) is 22.0 Å². The summed E-state index contributed by atoms with van der Waals surface area (Å²) in [6.45, 7) is 4.15. The molecule has 180 valence electrons. The summed E-state index contributed by atoms with van der Waals surface area (Å²) in [5, 5.41) is 13.4. The molecule has 0 saturated carbocycles. The maximum Gasteiger partial charge on any atom is 0.466 e. The largest absolute Gasteiger partial charge is 0.466 e. The van der Waals surface area contributed by atoms with Crippen molar-refractivity contribution in [1.29, 1.82) is 0 Å². The Balaban J connectivity index is 0.00000161. The van der Waals surface area contributed by atoms with Gasteiger partial charge in [-0.25, -0.2) is 4.57 Å². The summed E-state index contributed by atoms with van der Waals surface area (Å²) in [6, 6.07) is 8.97. The molecule has 0 aliphatic rings. The van der Waals surface area contributed by atoms with E-state index in [-0.39, 0.29) is 0 Å². The summed E-state index contributed by atoms with van der Waals surface area (Å²) in [5.41, 5.74) is 0. The van der Waals surface area contributed by atoms with E-state index < -0.39 is 7.82 Å². The zero-order valence-corrected chi connectivity index (χ0v) is 19.4. The number of benzene rings is 1. The second kappa shape index (κ2) is 20.5. The lowest BCUT2D eigenvalue weighted by molar-refractivity contribution is -0.685. The predicted molar refractivity (Wildman–Crippen MR) is 116 cm³/mol. The third-order valence-electron chi connectivity index (χ3n) is 4.17. The molecule has 0 atom stereocenters. The maximum atomic E-state index is 8.88. The average molecular weight is 464 g/mol. The van der Waals surface area contributed by atoms with E-state index in [1.807, 2.05) is 31.2 Å². The Bertz CT molecular complexity index is 582. The molecule has 0 spiro atoms. The monoisotopic (exact) mass is 464 g/mol. The van der Waals surface area contributed by atoms with Crippen LogP contribution in [0.4, 0.5) is 0 Å². The van der Waals surface area contributed by atoms with Crippen LogP contribution in [0.25, 0.3) is 0 Å². The molecule has 0 radical (unpaired) electrons. The van der Waals surface area contributed by atoms with Gasteiger partial charge in [0.05, 0.1) is 0 Å². The summed E-state index contributed by atoms with van der Waals surface area (Å²) in [5.74, 6) is 1.22. The second-order valence-corrected chi connectivity index (χ2v) is 7.91. The van der Waals surface area contributed by atoms with Crippen LogP contribution in [-0.2, 0) is 24.6 Å². The molecule has 31 heavy (non-hydrogen) atoms.